The molecule has 14 aromatic rings. The van der Waals surface area contributed by atoms with Crippen LogP contribution in [0.2, 0.25) is 20.1 Å². The maximum Gasteiger partial charge on any atom is 2.00 e. The molecule has 0 saturated carbocycles. The third-order valence-electron chi connectivity index (χ3n) is 16.8. The second-order valence-electron chi connectivity index (χ2n) is 21.8. The minimum atomic E-state index is 0. The Labute approximate surface area is 522 Å². The summed E-state index contributed by atoms with van der Waals surface area (Å²) < 4.78 is 0. The second kappa shape index (κ2) is 20.2. The van der Waals surface area contributed by atoms with Gasteiger partial charge >= 0.3 is 21.1 Å². The summed E-state index contributed by atoms with van der Waals surface area (Å²) in [5.41, 5.74) is 16.3. The number of halogens is 4. The zero-order chi connectivity index (χ0) is 55.9. The molecule has 2 aliphatic heterocycles. The number of benzene rings is 12. The minimum Gasteiger partial charge on any atom is -0.656 e. The Kier molecular flexibility index (Phi) is 12.3. The predicted molar refractivity (Wildman–Crippen MR) is 355 cm³/mol. The summed E-state index contributed by atoms with van der Waals surface area (Å²) in [5, 5.41) is 14.6. The third-order valence-corrected chi connectivity index (χ3v) is 17.8. The van der Waals surface area contributed by atoms with E-state index in [1.165, 1.54) is 0 Å². The Hall–Kier alpha value is -8.83. The summed E-state index contributed by atoms with van der Waals surface area (Å²) in [6, 6.07) is 84.5. The molecule has 0 saturated heterocycles. The topological polar surface area (TPSA) is 54.0 Å². The van der Waals surface area contributed by atoms with Crippen molar-refractivity contribution in [2.45, 2.75) is 0 Å². The molecule has 0 radical (unpaired) electrons. The van der Waals surface area contributed by atoms with Gasteiger partial charge in [-0.15, -0.1) is 22.1 Å². The van der Waals surface area contributed by atoms with Gasteiger partial charge in [0, 0.05) is 42.3 Å². The van der Waals surface area contributed by atoms with Gasteiger partial charge in [0.25, 0.3) is 0 Å². The summed E-state index contributed by atoms with van der Waals surface area (Å²) >= 11 is 28.6. The standard InChI is InChI=1S/C76H40Cl4N4.Pt/c77-53-25-9-21-49(29-53)65-69-57-33-41-13-1-2-14-42(41)34-58(57)70(81-69)66(50-22-10-26-54(78)30-50)72-61-37-45-17-5-6-18-46(45)38-62(61)74(83-72)68(52-24-12-28-56(80)32-52)76-64-40-48-20-8-7-19-47(48)39-63(64)75(84-76)67(51-23-11-27-55(79)31-51)73-60-36-44-16-4-3-15-43(44)35-59(60)71(65)82-73;/h1-40H;/q-2;+2. The van der Waals surface area contributed by atoms with Crippen LogP contribution in [-0.2, 0) is 21.1 Å². The van der Waals surface area contributed by atoms with Gasteiger partial charge in [-0.05, 0) is 206 Å². The van der Waals surface area contributed by atoms with Crippen molar-refractivity contribution in [1.82, 2.24) is 19.9 Å². The fraction of sp³-hybridized carbons (Fsp3) is 0. The van der Waals surface area contributed by atoms with Gasteiger partial charge in [0.2, 0.25) is 0 Å². The van der Waals surface area contributed by atoms with E-state index < -0.39 is 0 Å². The van der Waals surface area contributed by atoms with Crippen molar-refractivity contribution < 1.29 is 21.1 Å². The number of aromatic nitrogens is 4. The van der Waals surface area contributed by atoms with E-state index >= 15 is 0 Å². The third kappa shape index (κ3) is 8.38. The normalized spacial score (nSPS) is 11.9. The first-order valence-corrected chi connectivity index (χ1v) is 29.3. The molecule has 0 atom stereocenters. The molecule has 0 unspecified atom stereocenters. The van der Waals surface area contributed by atoms with Crippen molar-refractivity contribution in [3.05, 3.63) is 263 Å². The second-order valence-corrected chi connectivity index (χ2v) is 23.5. The van der Waals surface area contributed by atoms with E-state index in [1.807, 2.05) is 72.8 Å². The van der Waals surface area contributed by atoms with Gasteiger partial charge in [-0.3, -0.25) is 0 Å². The molecule has 12 aromatic carbocycles. The molecule has 2 aromatic heterocycles. The number of hydrogen-bond donors (Lipinski definition) is 0. The molecular formula is C76H40Cl4N4Pt. The van der Waals surface area contributed by atoms with Crippen molar-refractivity contribution in [1.29, 1.82) is 0 Å². The van der Waals surface area contributed by atoms with Gasteiger partial charge in [0.15, 0.2) is 0 Å². The van der Waals surface area contributed by atoms with Gasteiger partial charge in [0.1, 0.15) is 0 Å². The molecule has 0 N–H and O–H groups in total. The van der Waals surface area contributed by atoms with Crippen LogP contribution in [0.25, 0.3) is 176 Å². The summed E-state index contributed by atoms with van der Waals surface area (Å²) in [6.07, 6.45) is 0. The van der Waals surface area contributed by atoms with Crippen LogP contribution in [0.3, 0.4) is 0 Å². The summed E-state index contributed by atoms with van der Waals surface area (Å²) in [4.78, 5) is 24.3. The van der Waals surface area contributed by atoms with E-state index in [0.717, 1.165) is 176 Å². The van der Waals surface area contributed by atoms with Crippen molar-refractivity contribution in [3.63, 3.8) is 0 Å². The average molecular weight is 1350 g/mol. The zero-order valence-electron chi connectivity index (χ0n) is 44.7. The molecule has 85 heavy (non-hydrogen) atoms. The van der Waals surface area contributed by atoms with Crippen LogP contribution in [0, 0.1) is 0 Å². The number of fused-ring (bicyclic) bond motifs is 4. The number of rotatable bonds is 4. The molecule has 9 heteroatoms. The monoisotopic (exact) mass is 1340 g/mol. The Morgan fingerprint density at radius 1 is 0.235 bits per heavy atom. The zero-order valence-corrected chi connectivity index (χ0v) is 50.0. The number of hydrogen-bond acceptors (Lipinski definition) is 2. The molecule has 8 bridgehead atoms. The molecule has 4 nitrogen and oxygen atoms in total. The van der Waals surface area contributed by atoms with Gasteiger partial charge in [-0.25, -0.2) is 9.97 Å². The molecular weight excluding hydrogens is 1310 g/mol. The molecule has 3 aliphatic rings. The van der Waals surface area contributed by atoms with E-state index in [4.69, 9.17) is 66.3 Å². The quantitative estimate of drug-likeness (QED) is 0.176. The van der Waals surface area contributed by atoms with Crippen LogP contribution in [-0.4, -0.2) is 9.97 Å². The van der Waals surface area contributed by atoms with Crippen LogP contribution >= 0.6 is 46.4 Å². The molecule has 0 spiro atoms. The smallest absolute Gasteiger partial charge is 0.656 e. The van der Waals surface area contributed by atoms with Crippen molar-refractivity contribution in [3.8, 4) is 89.5 Å². The summed E-state index contributed by atoms with van der Waals surface area (Å²) in [6.45, 7) is 0. The first-order chi connectivity index (χ1) is 41.2. The largest absolute Gasteiger partial charge is 2.00 e. The first kappa shape index (κ1) is 51.8. The van der Waals surface area contributed by atoms with Gasteiger partial charge < -0.3 is 9.97 Å². The van der Waals surface area contributed by atoms with Crippen LogP contribution in [0.5, 0.6) is 0 Å². The van der Waals surface area contributed by atoms with Crippen LogP contribution in [0.1, 0.15) is 0 Å². The number of nitrogens with zero attached hydrogens (tertiary/aromatic N) is 4. The van der Waals surface area contributed by atoms with E-state index in [9.17, 15) is 0 Å². The first-order valence-electron chi connectivity index (χ1n) is 27.8. The van der Waals surface area contributed by atoms with Crippen LogP contribution < -0.4 is 9.97 Å². The maximum absolute atomic E-state index is 7.16. The molecule has 0 amide bonds. The van der Waals surface area contributed by atoms with E-state index in [1.54, 1.807) is 0 Å². The van der Waals surface area contributed by atoms with Crippen molar-refractivity contribution in [2.24, 2.45) is 0 Å². The average Bonchev–Trinajstić information content (AvgIpc) is 2.07. The summed E-state index contributed by atoms with van der Waals surface area (Å²) in [5.74, 6) is 0. The molecule has 1 aliphatic carbocycles. The van der Waals surface area contributed by atoms with E-state index in [0.29, 0.717) is 20.1 Å². The SMILES string of the molecule is Clc1cccc(-c2c3nc(c(-c4cccc(Cl)c4)c4[n-]c(c(-c5cccc(Cl)c5)c5nc(c(-c6cccc(Cl)c6)c6[n-]c2c2cc7ccccc7cc62)-c2cc6ccccc6cc2-5)c2cc5ccccc5cc42)-c2cc4ccccc4cc2-3)c1.[Pt+2]. The van der Waals surface area contributed by atoms with E-state index in [2.05, 4.69) is 170 Å². The van der Waals surface area contributed by atoms with Crippen LogP contribution in [0.15, 0.2) is 243 Å². The molecule has 17 rings (SSSR count). The van der Waals surface area contributed by atoms with Gasteiger partial charge in [-0.1, -0.05) is 192 Å². The minimum absolute atomic E-state index is 0. The Morgan fingerprint density at radius 3 is 0.659 bits per heavy atom. The fourth-order valence-electron chi connectivity index (χ4n) is 13.1. The van der Waals surface area contributed by atoms with Crippen molar-refractivity contribution >= 4 is 133 Å². The Bertz CT molecular complexity index is 4910. The Balaban J connectivity index is 0.00000588. The van der Waals surface area contributed by atoms with Crippen molar-refractivity contribution in [2.75, 3.05) is 0 Å². The predicted octanol–water partition coefficient (Wildman–Crippen LogP) is 22.4. The van der Waals surface area contributed by atoms with Gasteiger partial charge in [-0.2, -0.15) is 0 Å². The van der Waals surface area contributed by atoms with Gasteiger partial charge in [0.05, 0.1) is 22.8 Å². The maximum atomic E-state index is 7.16. The summed E-state index contributed by atoms with van der Waals surface area (Å²) in [7, 11) is 0. The van der Waals surface area contributed by atoms with E-state index in [-0.39, 0.29) is 21.1 Å². The molecule has 0 fully saturated rings. The molecule has 402 valence electrons. The van der Waals surface area contributed by atoms with Crippen LogP contribution in [0.4, 0.5) is 0 Å². The molecule has 4 heterocycles. The fourth-order valence-corrected chi connectivity index (χ4v) is 13.9. The Morgan fingerprint density at radius 2 is 0.447 bits per heavy atom.